The molecule has 248 valence electrons. The number of hydrogen-bond donors (Lipinski definition) is 6. The molecule has 0 aliphatic carbocycles. The lowest BCUT2D eigenvalue weighted by Crippen LogP contribution is -2.42. The molecule has 0 saturated heterocycles. The first-order valence-electron chi connectivity index (χ1n) is 14.4. The van der Waals surface area contributed by atoms with Gasteiger partial charge in [-0.3, -0.25) is 24.0 Å². The lowest BCUT2D eigenvalue weighted by Gasteiger charge is -2.14. The molecule has 0 fully saturated rings. The highest BCUT2D eigenvalue weighted by Gasteiger charge is 2.19. The molecular weight excluding hydrogens is 572 g/mol. The van der Waals surface area contributed by atoms with Gasteiger partial charge in [0.1, 0.15) is 19.3 Å². The molecule has 2 unspecified atom stereocenters. The molecule has 0 rings (SSSR count). The van der Waals surface area contributed by atoms with Crippen LogP contribution in [0.2, 0.25) is 0 Å². The number of carbonyl (C=O) groups excluding carboxylic acids is 4. The molecular formula is C27H48N4O12. The van der Waals surface area contributed by atoms with E-state index in [-0.39, 0.29) is 103 Å². The monoisotopic (exact) mass is 620 g/mol. The predicted molar refractivity (Wildman–Crippen MR) is 152 cm³/mol. The number of ether oxygens (including phenoxy) is 4. The molecule has 16 heteroatoms. The van der Waals surface area contributed by atoms with Crippen LogP contribution < -0.4 is 21.3 Å². The van der Waals surface area contributed by atoms with Crippen molar-refractivity contribution >= 4 is 35.6 Å². The first-order valence-corrected chi connectivity index (χ1v) is 14.4. The Kier molecular flexibility index (Phi) is 24.3. The van der Waals surface area contributed by atoms with Gasteiger partial charge in [-0.1, -0.05) is 13.8 Å². The molecule has 0 aromatic rings. The van der Waals surface area contributed by atoms with E-state index in [2.05, 4.69) is 21.3 Å². The summed E-state index contributed by atoms with van der Waals surface area (Å²) in [7, 11) is 0. The fourth-order valence-electron chi connectivity index (χ4n) is 3.22. The van der Waals surface area contributed by atoms with E-state index in [4.69, 9.17) is 24.1 Å². The number of carboxylic acid groups (broad SMARTS) is 2. The van der Waals surface area contributed by atoms with E-state index < -0.39 is 29.8 Å². The molecule has 43 heavy (non-hydrogen) atoms. The second-order valence-electron chi connectivity index (χ2n) is 9.47. The van der Waals surface area contributed by atoms with Crippen molar-refractivity contribution in [1.29, 1.82) is 0 Å². The Balaban J connectivity index is 3.63. The molecule has 0 saturated carbocycles. The topological polar surface area (TPSA) is 228 Å². The molecule has 0 radical (unpaired) electrons. The Bertz CT molecular complexity index is 843. The Morgan fingerprint density at radius 2 is 1.14 bits per heavy atom. The fraction of sp³-hybridized carbons (Fsp3) is 0.778. The van der Waals surface area contributed by atoms with Crippen molar-refractivity contribution < 1.29 is 57.9 Å². The molecule has 0 aromatic heterocycles. The number of nitrogens with one attached hydrogen (secondary N) is 4. The highest BCUT2D eigenvalue weighted by molar-refractivity contribution is 5.84. The lowest BCUT2D eigenvalue weighted by molar-refractivity contribution is -0.143. The summed E-state index contributed by atoms with van der Waals surface area (Å²) in [6.45, 7) is 4.95. The van der Waals surface area contributed by atoms with Crippen molar-refractivity contribution in [3.63, 3.8) is 0 Å². The van der Waals surface area contributed by atoms with Crippen LogP contribution in [0.1, 0.15) is 52.4 Å². The van der Waals surface area contributed by atoms with Crippen LogP contribution in [-0.4, -0.2) is 124 Å². The summed E-state index contributed by atoms with van der Waals surface area (Å²) in [6.07, 6.45) is 2.14. The third-order valence-electron chi connectivity index (χ3n) is 5.77. The molecule has 16 nitrogen and oxygen atoms in total. The minimum atomic E-state index is -1.14. The number of rotatable bonds is 28. The van der Waals surface area contributed by atoms with Crippen LogP contribution in [-0.2, 0) is 47.7 Å². The van der Waals surface area contributed by atoms with Gasteiger partial charge in [-0.25, -0.2) is 4.79 Å². The zero-order chi connectivity index (χ0) is 32.3. The van der Waals surface area contributed by atoms with Crippen LogP contribution in [0.25, 0.3) is 0 Å². The van der Waals surface area contributed by atoms with Gasteiger partial charge in [-0.15, -0.1) is 0 Å². The van der Waals surface area contributed by atoms with Crippen LogP contribution in [0.5, 0.6) is 0 Å². The van der Waals surface area contributed by atoms with E-state index in [0.717, 1.165) is 0 Å². The second kappa shape index (κ2) is 26.3. The minimum Gasteiger partial charge on any atom is -0.481 e. The smallest absolute Gasteiger partial charge is 0.326 e. The number of carboxylic acids is 2. The van der Waals surface area contributed by atoms with E-state index in [9.17, 15) is 33.9 Å². The molecule has 0 spiro atoms. The van der Waals surface area contributed by atoms with Crippen molar-refractivity contribution in [2.45, 2.75) is 58.4 Å². The third kappa shape index (κ3) is 24.9. The SMILES string of the molecule is CCC(=O)NCCCCC(NC(=O)COCCOCCNC(=O)COCCOCCNC(=O)CCC(C)C(=O)O)C(=O)O. The first-order chi connectivity index (χ1) is 20.6. The first kappa shape index (κ1) is 39.7. The van der Waals surface area contributed by atoms with Crippen LogP contribution >= 0.6 is 0 Å². The van der Waals surface area contributed by atoms with Crippen LogP contribution in [0, 0.1) is 5.92 Å². The summed E-state index contributed by atoms with van der Waals surface area (Å²) in [6, 6.07) is -1.04. The molecule has 0 aliphatic heterocycles. The summed E-state index contributed by atoms with van der Waals surface area (Å²) < 4.78 is 21.0. The molecule has 6 N–H and O–H groups in total. The number of hydrogen-bond acceptors (Lipinski definition) is 10. The van der Waals surface area contributed by atoms with Crippen LogP contribution in [0.15, 0.2) is 0 Å². The Morgan fingerprint density at radius 1 is 0.605 bits per heavy atom. The van der Waals surface area contributed by atoms with Gasteiger partial charge in [0, 0.05) is 32.5 Å². The van der Waals surface area contributed by atoms with E-state index >= 15 is 0 Å². The summed E-state index contributed by atoms with van der Waals surface area (Å²) in [5.41, 5.74) is 0. The van der Waals surface area contributed by atoms with Crippen molar-refractivity contribution in [1.82, 2.24) is 21.3 Å². The summed E-state index contributed by atoms with van der Waals surface area (Å²) in [4.78, 5) is 68.6. The average Bonchev–Trinajstić information content (AvgIpc) is 2.97. The zero-order valence-electron chi connectivity index (χ0n) is 25.2. The van der Waals surface area contributed by atoms with Crippen molar-refractivity contribution in [3.05, 3.63) is 0 Å². The number of carbonyl (C=O) groups is 6. The Labute approximate surface area is 251 Å². The summed E-state index contributed by atoms with van der Waals surface area (Å²) >= 11 is 0. The Hall–Kier alpha value is -3.34. The molecule has 0 bridgehead atoms. The lowest BCUT2D eigenvalue weighted by atomic mass is 10.1. The molecule has 0 aliphatic rings. The maximum Gasteiger partial charge on any atom is 0.326 e. The molecule has 2 atom stereocenters. The van der Waals surface area contributed by atoms with Gasteiger partial charge in [0.15, 0.2) is 0 Å². The van der Waals surface area contributed by atoms with Gasteiger partial charge in [0.05, 0.1) is 45.6 Å². The highest BCUT2D eigenvalue weighted by Crippen LogP contribution is 2.05. The quantitative estimate of drug-likeness (QED) is 0.0582. The summed E-state index contributed by atoms with van der Waals surface area (Å²) in [5, 5.41) is 28.4. The predicted octanol–water partition coefficient (Wildman–Crippen LogP) is -0.948. The summed E-state index contributed by atoms with van der Waals surface area (Å²) in [5.74, 6) is -3.86. The average molecular weight is 621 g/mol. The van der Waals surface area contributed by atoms with Crippen molar-refractivity contribution in [2.24, 2.45) is 5.92 Å². The molecule has 0 heterocycles. The maximum atomic E-state index is 11.9. The van der Waals surface area contributed by atoms with Gasteiger partial charge in [-0.2, -0.15) is 0 Å². The van der Waals surface area contributed by atoms with Gasteiger partial charge in [0.25, 0.3) is 0 Å². The number of aliphatic carboxylic acids is 2. The standard InChI is InChI=1S/C27H48N4O12/c1-3-22(32)28-9-5-4-6-21(27(38)39)31-25(35)19-43-17-15-41-13-11-30-24(34)18-42-16-14-40-12-10-29-23(33)8-7-20(2)26(36)37/h20-21H,3-19H2,1-2H3,(H,28,32)(H,29,33)(H,30,34)(H,31,35)(H,36,37)(H,38,39). The number of amides is 4. The highest BCUT2D eigenvalue weighted by atomic mass is 16.5. The van der Waals surface area contributed by atoms with Crippen molar-refractivity contribution in [2.75, 3.05) is 72.5 Å². The molecule has 4 amide bonds. The zero-order valence-corrected chi connectivity index (χ0v) is 25.2. The van der Waals surface area contributed by atoms with Gasteiger partial charge >= 0.3 is 11.9 Å². The molecule has 0 aromatic carbocycles. The van der Waals surface area contributed by atoms with E-state index in [0.29, 0.717) is 25.8 Å². The third-order valence-corrected chi connectivity index (χ3v) is 5.77. The largest absolute Gasteiger partial charge is 0.481 e. The van der Waals surface area contributed by atoms with E-state index in [1.165, 1.54) is 0 Å². The van der Waals surface area contributed by atoms with E-state index in [1.54, 1.807) is 13.8 Å². The fourth-order valence-corrected chi connectivity index (χ4v) is 3.22. The Morgan fingerprint density at radius 3 is 1.70 bits per heavy atom. The van der Waals surface area contributed by atoms with E-state index in [1.807, 2.05) is 0 Å². The van der Waals surface area contributed by atoms with Crippen LogP contribution in [0.3, 0.4) is 0 Å². The van der Waals surface area contributed by atoms with Crippen molar-refractivity contribution in [3.8, 4) is 0 Å². The van der Waals surface area contributed by atoms with Gasteiger partial charge in [0.2, 0.25) is 23.6 Å². The second-order valence-corrected chi connectivity index (χ2v) is 9.47. The van der Waals surface area contributed by atoms with Gasteiger partial charge in [-0.05, 0) is 25.7 Å². The van der Waals surface area contributed by atoms with Gasteiger partial charge < -0.3 is 50.4 Å². The normalized spacial score (nSPS) is 12.1. The van der Waals surface area contributed by atoms with Crippen LogP contribution in [0.4, 0.5) is 0 Å². The number of unbranched alkanes of at least 4 members (excludes halogenated alkanes) is 1. The maximum absolute atomic E-state index is 11.9. The minimum absolute atomic E-state index is 0.0693.